The fourth-order valence-electron chi connectivity index (χ4n) is 3.06. The van der Waals surface area contributed by atoms with Crippen molar-refractivity contribution in [1.82, 2.24) is 9.88 Å². The molecule has 0 spiro atoms. The van der Waals surface area contributed by atoms with Gasteiger partial charge < -0.3 is 20.4 Å². The van der Waals surface area contributed by atoms with Gasteiger partial charge in [-0.2, -0.15) is 0 Å². The maximum absolute atomic E-state index is 12.5. The number of aromatic nitrogens is 1. The van der Waals surface area contributed by atoms with Gasteiger partial charge in [0.15, 0.2) is 0 Å². The van der Waals surface area contributed by atoms with Crippen molar-refractivity contribution < 1.29 is 14.3 Å². The molecule has 0 saturated carbocycles. The van der Waals surface area contributed by atoms with Crippen LogP contribution in [0.15, 0.2) is 24.4 Å². The van der Waals surface area contributed by atoms with Crippen molar-refractivity contribution in [2.75, 3.05) is 13.7 Å². The minimum atomic E-state index is -0.466. The first-order valence-electron chi connectivity index (χ1n) is 7.33. The summed E-state index contributed by atoms with van der Waals surface area (Å²) in [7, 11) is 1.61. The molecular formula is C16H19N3O3. The number of nitrogens with zero attached hydrogens (tertiary/aromatic N) is 1. The van der Waals surface area contributed by atoms with Crippen molar-refractivity contribution in [3.05, 3.63) is 30.0 Å². The van der Waals surface area contributed by atoms with E-state index in [1.807, 2.05) is 24.4 Å². The van der Waals surface area contributed by atoms with Crippen LogP contribution in [0.4, 0.5) is 0 Å². The van der Waals surface area contributed by atoms with E-state index in [0.29, 0.717) is 13.0 Å². The lowest BCUT2D eigenvalue weighted by molar-refractivity contribution is -0.136. The summed E-state index contributed by atoms with van der Waals surface area (Å²) < 4.78 is 5.23. The van der Waals surface area contributed by atoms with Crippen molar-refractivity contribution >= 4 is 22.7 Å². The minimum Gasteiger partial charge on any atom is -0.497 e. The number of amides is 2. The Morgan fingerprint density at radius 3 is 3.00 bits per heavy atom. The van der Waals surface area contributed by atoms with Gasteiger partial charge in [-0.15, -0.1) is 0 Å². The van der Waals surface area contributed by atoms with Crippen molar-refractivity contribution in [3.8, 4) is 5.75 Å². The van der Waals surface area contributed by atoms with Crippen LogP contribution in [-0.4, -0.2) is 41.4 Å². The van der Waals surface area contributed by atoms with Gasteiger partial charge in [-0.1, -0.05) is 0 Å². The SMILES string of the molecule is COc1ccc2[nH]cc(CC(=O)N3CCC[C@H]3C(N)=O)c2c1. The quantitative estimate of drug-likeness (QED) is 0.889. The Morgan fingerprint density at radius 1 is 1.45 bits per heavy atom. The first kappa shape index (κ1) is 14.4. The molecule has 116 valence electrons. The lowest BCUT2D eigenvalue weighted by Gasteiger charge is -2.22. The van der Waals surface area contributed by atoms with E-state index in [1.54, 1.807) is 12.0 Å². The van der Waals surface area contributed by atoms with Crippen LogP contribution in [0.3, 0.4) is 0 Å². The van der Waals surface area contributed by atoms with Crippen LogP contribution in [-0.2, 0) is 16.0 Å². The molecule has 0 bridgehead atoms. The Bertz CT molecular complexity index is 722. The van der Waals surface area contributed by atoms with Crippen molar-refractivity contribution in [2.45, 2.75) is 25.3 Å². The molecule has 0 aliphatic carbocycles. The van der Waals surface area contributed by atoms with E-state index in [-0.39, 0.29) is 12.3 Å². The van der Waals surface area contributed by atoms with E-state index in [9.17, 15) is 9.59 Å². The third-order valence-corrected chi connectivity index (χ3v) is 4.22. The summed E-state index contributed by atoms with van der Waals surface area (Å²) in [5, 5.41) is 0.961. The number of carbonyl (C=O) groups is 2. The molecule has 2 amide bonds. The number of likely N-dealkylation sites (tertiary alicyclic amines) is 1. The highest BCUT2D eigenvalue weighted by Crippen LogP contribution is 2.25. The number of hydrogen-bond donors (Lipinski definition) is 2. The fourth-order valence-corrected chi connectivity index (χ4v) is 3.06. The topological polar surface area (TPSA) is 88.4 Å². The number of nitrogens with one attached hydrogen (secondary N) is 1. The standard InChI is InChI=1S/C16H19N3O3/c1-22-11-4-5-13-12(8-11)10(9-18-13)7-15(20)19-6-2-3-14(19)16(17)21/h4-5,8-9,14,18H,2-3,6-7H2,1H3,(H2,17,21)/t14-/m0/s1. The number of ether oxygens (including phenoxy) is 1. The average Bonchev–Trinajstić information content (AvgIpc) is 3.14. The number of carbonyl (C=O) groups excluding carboxylic acids is 2. The Kier molecular flexibility index (Phi) is 3.75. The number of H-pyrrole nitrogens is 1. The molecule has 1 aromatic heterocycles. The number of primary amides is 1. The van der Waals surface area contributed by atoms with Gasteiger partial charge >= 0.3 is 0 Å². The summed E-state index contributed by atoms with van der Waals surface area (Å²) >= 11 is 0. The van der Waals surface area contributed by atoms with Crippen LogP contribution in [0.1, 0.15) is 18.4 Å². The van der Waals surface area contributed by atoms with E-state index in [1.165, 1.54) is 0 Å². The van der Waals surface area contributed by atoms with Gasteiger partial charge in [0.2, 0.25) is 11.8 Å². The van der Waals surface area contributed by atoms with E-state index in [0.717, 1.165) is 28.6 Å². The number of nitrogens with two attached hydrogens (primary N) is 1. The molecule has 6 heteroatoms. The molecule has 1 aliphatic heterocycles. The minimum absolute atomic E-state index is 0.0648. The first-order valence-corrected chi connectivity index (χ1v) is 7.33. The van der Waals surface area contributed by atoms with Crippen LogP contribution >= 0.6 is 0 Å². The number of fused-ring (bicyclic) bond motifs is 1. The summed E-state index contributed by atoms with van der Waals surface area (Å²) in [6.45, 7) is 0.595. The summed E-state index contributed by atoms with van der Waals surface area (Å²) in [6, 6.07) is 5.23. The van der Waals surface area contributed by atoms with Crippen LogP contribution in [0.2, 0.25) is 0 Å². The maximum atomic E-state index is 12.5. The molecule has 2 heterocycles. The molecule has 1 saturated heterocycles. The molecule has 6 nitrogen and oxygen atoms in total. The average molecular weight is 301 g/mol. The van der Waals surface area contributed by atoms with Gasteiger partial charge in [0, 0.05) is 23.6 Å². The zero-order chi connectivity index (χ0) is 15.7. The molecule has 0 radical (unpaired) electrons. The highest BCUT2D eigenvalue weighted by atomic mass is 16.5. The summed E-state index contributed by atoms with van der Waals surface area (Å²) in [4.78, 5) is 28.7. The van der Waals surface area contributed by atoms with Crippen molar-refractivity contribution in [3.63, 3.8) is 0 Å². The largest absolute Gasteiger partial charge is 0.497 e. The molecular weight excluding hydrogens is 282 g/mol. The monoisotopic (exact) mass is 301 g/mol. The number of methoxy groups -OCH3 is 1. The maximum Gasteiger partial charge on any atom is 0.240 e. The summed E-state index contributed by atoms with van der Waals surface area (Å²) in [6.07, 6.45) is 3.55. The summed E-state index contributed by atoms with van der Waals surface area (Å²) in [5.74, 6) is 0.258. The number of hydrogen-bond acceptors (Lipinski definition) is 3. The Balaban J connectivity index is 1.83. The normalized spacial score (nSPS) is 17.9. The third-order valence-electron chi connectivity index (χ3n) is 4.22. The van der Waals surface area contributed by atoms with E-state index in [4.69, 9.17) is 10.5 Å². The Labute approximate surface area is 128 Å². The molecule has 1 aliphatic rings. The van der Waals surface area contributed by atoms with E-state index >= 15 is 0 Å². The second-order valence-electron chi connectivity index (χ2n) is 5.55. The van der Waals surface area contributed by atoms with Gasteiger partial charge in [0.25, 0.3) is 0 Å². The Morgan fingerprint density at radius 2 is 2.27 bits per heavy atom. The second kappa shape index (κ2) is 5.71. The molecule has 22 heavy (non-hydrogen) atoms. The molecule has 1 aromatic carbocycles. The lowest BCUT2D eigenvalue weighted by Crippen LogP contribution is -2.44. The predicted octanol–water partition coefficient (Wildman–Crippen LogP) is 1.20. The highest BCUT2D eigenvalue weighted by molar-refractivity contribution is 5.92. The molecule has 3 N–H and O–H groups in total. The van der Waals surface area contributed by atoms with E-state index < -0.39 is 11.9 Å². The van der Waals surface area contributed by atoms with Crippen LogP contribution in [0.5, 0.6) is 5.75 Å². The predicted molar refractivity (Wildman–Crippen MR) is 82.5 cm³/mol. The summed E-state index contributed by atoms with van der Waals surface area (Å²) in [5.41, 5.74) is 7.22. The molecule has 1 fully saturated rings. The van der Waals surface area contributed by atoms with Gasteiger partial charge in [0.05, 0.1) is 13.5 Å². The van der Waals surface area contributed by atoms with Crippen molar-refractivity contribution in [1.29, 1.82) is 0 Å². The highest BCUT2D eigenvalue weighted by Gasteiger charge is 2.32. The van der Waals surface area contributed by atoms with Crippen LogP contribution in [0.25, 0.3) is 10.9 Å². The zero-order valence-corrected chi connectivity index (χ0v) is 12.5. The molecule has 1 atom stereocenters. The third kappa shape index (κ3) is 2.52. The van der Waals surface area contributed by atoms with Gasteiger partial charge in [-0.3, -0.25) is 9.59 Å². The van der Waals surface area contributed by atoms with Gasteiger partial charge in [0.1, 0.15) is 11.8 Å². The Hall–Kier alpha value is -2.50. The fraction of sp³-hybridized carbons (Fsp3) is 0.375. The molecule has 0 unspecified atom stereocenters. The number of benzene rings is 1. The molecule has 3 rings (SSSR count). The number of rotatable bonds is 4. The van der Waals surface area contributed by atoms with Gasteiger partial charge in [-0.25, -0.2) is 0 Å². The smallest absolute Gasteiger partial charge is 0.240 e. The van der Waals surface area contributed by atoms with E-state index in [2.05, 4.69) is 4.98 Å². The van der Waals surface area contributed by atoms with Crippen LogP contribution < -0.4 is 10.5 Å². The lowest BCUT2D eigenvalue weighted by atomic mass is 10.1. The molecule has 2 aromatic rings. The zero-order valence-electron chi connectivity index (χ0n) is 12.5. The van der Waals surface area contributed by atoms with Gasteiger partial charge in [-0.05, 0) is 36.6 Å². The van der Waals surface area contributed by atoms with Crippen LogP contribution in [0, 0.1) is 0 Å². The first-order chi connectivity index (χ1) is 10.6. The van der Waals surface area contributed by atoms with Crippen molar-refractivity contribution in [2.24, 2.45) is 5.73 Å². The number of aromatic amines is 1. The second-order valence-corrected chi connectivity index (χ2v) is 5.55.